The van der Waals surface area contributed by atoms with Crippen molar-refractivity contribution in [2.75, 3.05) is 26.8 Å². The molecular weight excluding hydrogens is 505 g/mol. The SMILES string of the molecule is CNCCCOP(O)OCCCCC(CCCCCCCCCCCc1ccccc1)OCc1ccccc1. The molecule has 39 heavy (non-hydrogen) atoms. The van der Waals surface area contributed by atoms with Crippen LogP contribution in [0.5, 0.6) is 0 Å². The Labute approximate surface area is 240 Å². The number of unbranched alkanes of at least 4 members (excludes halogenated alkanes) is 9. The molecule has 0 radical (unpaired) electrons. The van der Waals surface area contributed by atoms with Crippen molar-refractivity contribution in [3.8, 4) is 0 Å². The maximum Gasteiger partial charge on any atom is 0.329 e. The molecule has 0 spiro atoms. The fourth-order valence-electron chi connectivity index (χ4n) is 4.73. The van der Waals surface area contributed by atoms with Gasteiger partial charge in [0.25, 0.3) is 0 Å². The van der Waals surface area contributed by atoms with Gasteiger partial charge in [0.1, 0.15) is 0 Å². The van der Waals surface area contributed by atoms with E-state index in [9.17, 15) is 4.89 Å². The summed E-state index contributed by atoms with van der Waals surface area (Å²) in [6.45, 7) is 2.61. The smallest absolute Gasteiger partial charge is 0.329 e. The zero-order valence-corrected chi connectivity index (χ0v) is 25.3. The van der Waals surface area contributed by atoms with Crippen LogP contribution >= 0.6 is 8.60 Å². The summed E-state index contributed by atoms with van der Waals surface area (Å²) in [6.07, 6.45) is 18.4. The van der Waals surface area contributed by atoms with Crippen molar-refractivity contribution in [1.82, 2.24) is 5.32 Å². The minimum absolute atomic E-state index is 0.281. The van der Waals surface area contributed by atoms with Crippen LogP contribution in [-0.2, 0) is 26.8 Å². The van der Waals surface area contributed by atoms with E-state index in [0.29, 0.717) is 19.8 Å². The monoisotopic (exact) mass is 559 g/mol. The van der Waals surface area contributed by atoms with E-state index in [1.54, 1.807) is 0 Å². The lowest BCUT2D eigenvalue weighted by Crippen LogP contribution is -2.13. The second-order valence-electron chi connectivity index (χ2n) is 10.5. The minimum Gasteiger partial charge on any atom is -0.374 e. The molecule has 2 unspecified atom stereocenters. The Bertz CT molecular complexity index is 780. The molecule has 0 aromatic heterocycles. The average Bonchev–Trinajstić information content (AvgIpc) is 2.97. The number of rotatable bonds is 26. The Kier molecular flexibility index (Phi) is 21.2. The van der Waals surface area contributed by atoms with Crippen LogP contribution in [0.3, 0.4) is 0 Å². The molecule has 0 aliphatic rings. The number of hydrogen-bond acceptors (Lipinski definition) is 5. The first-order valence-electron chi connectivity index (χ1n) is 15.4. The highest BCUT2D eigenvalue weighted by molar-refractivity contribution is 7.40. The third kappa shape index (κ3) is 19.4. The van der Waals surface area contributed by atoms with E-state index in [0.717, 1.165) is 38.6 Å². The average molecular weight is 560 g/mol. The highest BCUT2D eigenvalue weighted by atomic mass is 31.2. The summed E-state index contributed by atoms with van der Waals surface area (Å²) in [6, 6.07) is 21.3. The van der Waals surface area contributed by atoms with E-state index in [2.05, 4.69) is 59.9 Å². The number of aryl methyl sites for hydroxylation is 1. The molecular formula is C33H54NO4P. The second-order valence-corrected chi connectivity index (χ2v) is 11.5. The van der Waals surface area contributed by atoms with Crippen molar-refractivity contribution in [3.63, 3.8) is 0 Å². The van der Waals surface area contributed by atoms with Gasteiger partial charge in [-0.1, -0.05) is 112 Å². The number of benzene rings is 2. The summed E-state index contributed by atoms with van der Waals surface area (Å²) in [7, 11) is 0.152. The van der Waals surface area contributed by atoms with Gasteiger partial charge in [0.2, 0.25) is 0 Å². The van der Waals surface area contributed by atoms with E-state index in [-0.39, 0.29) is 6.10 Å². The second kappa shape index (κ2) is 24.5. The molecule has 2 N–H and O–H groups in total. The molecule has 0 aliphatic carbocycles. The number of nitrogens with one attached hydrogen (secondary N) is 1. The molecule has 2 rings (SSSR count). The van der Waals surface area contributed by atoms with Gasteiger partial charge in [0.05, 0.1) is 25.9 Å². The summed E-state index contributed by atoms with van der Waals surface area (Å²) in [5, 5.41) is 3.07. The molecule has 0 bridgehead atoms. The van der Waals surface area contributed by atoms with Gasteiger partial charge < -0.3 is 24.0 Å². The maximum atomic E-state index is 9.84. The molecule has 5 nitrogen and oxygen atoms in total. The molecule has 0 heterocycles. The summed E-state index contributed by atoms with van der Waals surface area (Å²) in [5.74, 6) is 0. The van der Waals surface area contributed by atoms with Crippen molar-refractivity contribution >= 4 is 8.60 Å². The lowest BCUT2D eigenvalue weighted by atomic mass is 10.0. The Balaban J connectivity index is 1.51. The number of ether oxygens (including phenoxy) is 1. The van der Waals surface area contributed by atoms with Gasteiger partial charge in [-0.05, 0) is 69.7 Å². The van der Waals surface area contributed by atoms with Crippen molar-refractivity contribution in [3.05, 3.63) is 71.8 Å². The fourth-order valence-corrected chi connectivity index (χ4v) is 5.37. The first-order valence-corrected chi connectivity index (χ1v) is 16.5. The fraction of sp³-hybridized carbons (Fsp3) is 0.636. The predicted molar refractivity (Wildman–Crippen MR) is 165 cm³/mol. The first-order chi connectivity index (χ1) is 19.3. The van der Waals surface area contributed by atoms with Crippen molar-refractivity contribution in [2.45, 2.75) is 109 Å². The highest BCUT2D eigenvalue weighted by Gasteiger charge is 2.11. The predicted octanol–water partition coefficient (Wildman–Crippen LogP) is 8.75. The molecule has 220 valence electrons. The molecule has 0 saturated carbocycles. The summed E-state index contributed by atoms with van der Waals surface area (Å²) in [5.41, 5.74) is 2.70. The van der Waals surface area contributed by atoms with Gasteiger partial charge in [-0.2, -0.15) is 0 Å². The molecule has 2 atom stereocenters. The first kappa shape index (κ1) is 33.9. The van der Waals surface area contributed by atoms with Gasteiger partial charge in [-0.3, -0.25) is 0 Å². The topological polar surface area (TPSA) is 60.0 Å². The standard InChI is InChI=1S/C33H54NO4P/c1-34-27-19-29-38-39(35)37-28-18-17-26-33(36-30-32-23-14-10-15-24-32)25-16-8-6-4-2-3-5-7-11-20-31-21-12-9-13-22-31/h9-10,12-15,21-24,33-35H,2-8,11,16-20,25-30H2,1H3. The lowest BCUT2D eigenvalue weighted by molar-refractivity contribution is 0.0255. The van der Waals surface area contributed by atoms with E-state index in [4.69, 9.17) is 13.8 Å². The zero-order valence-electron chi connectivity index (χ0n) is 24.4. The van der Waals surface area contributed by atoms with E-state index < -0.39 is 8.60 Å². The Morgan fingerprint density at radius 1 is 0.641 bits per heavy atom. The lowest BCUT2D eigenvalue weighted by Gasteiger charge is -2.18. The normalized spacial score (nSPS) is 13.0. The van der Waals surface area contributed by atoms with Crippen LogP contribution in [0.4, 0.5) is 0 Å². The molecule has 6 heteroatoms. The van der Waals surface area contributed by atoms with Crippen LogP contribution in [0, 0.1) is 0 Å². The largest absolute Gasteiger partial charge is 0.374 e. The van der Waals surface area contributed by atoms with Crippen LogP contribution in [-0.4, -0.2) is 37.8 Å². The van der Waals surface area contributed by atoms with Gasteiger partial charge in [0, 0.05) is 0 Å². The highest BCUT2D eigenvalue weighted by Crippen LogP contribution is 2.33. The van der Waals surface area contributed by atoms with E-state index in [1.807, 2.05) is 13.1 Å². The van der Waals surface area contributed by atoms with E-state index in [1.165, 1.54) is 75.3 Å². The van der Waals surface area contributed by atoms with Gasteiger partial charge in [-0.25, -0.2) is 0 Å². The Morgan fingerprint density at radius 3 is 1.77 bits per heavy atom. The van der Waals surface area contributed by atoms with Crippen molar-refractivity contribution in [2.24, 2.45) is 0 Å². The van der Waals surface area contributed by atoms with E-state index >= 15 is 0 Å². The molecule has 0 fully saturated rings. The molecule has 0 aliphatic heterocycles. The molecule has 0 amide bonds. The molecule has 2 aromatic carbocycles. The van der Waals surface area contributed by atoms with Crippen LogP contribution in [0.15, 0.2) is 60.7 Å². The van der Waals surface area contributed by atoms with Gasteiger partial charge >= 0.3 is 8.60 Å². The van der Waals surface area contributed by atoms with Crippen LogP contribution in [0.1, 0.15) is 101 Å². The summed E-state index contributed by atoms with van der Waals surface area (Å²) in [4.78, 5) is 9.84. The summed E-state index contributed by atoms with van der Waals surface area (Å²) < 4.78 is 17.1. The van der Waals surface area contributed by atoms with Crippen LogP contribution in [0.2, 0.25) is 0 Å². The molecule has 0 saturated heterocycles. The third-order valence-corrected chi connectivity index (χ3v) is 7.86. The molecule has 2 aromatic rings. The van der Waals surface area contributed by atoms with Crippen molar-refractivity contribution < 1.29 is 18.7 Å². The van der Waals surface area contributed by atoms with Crippen LogP contribution in [0.25, 0.3) is 0 Å². The zero-order chi connectivity index (χ0) is 27.6. The minimum atomic E-state index is -1.76. The summed E-state index contributed by atoms with van der Waals surface area (Å²) >= 11 is 0. The van der Waals surface area contributed by atoms with Gasteiger partial charge in [-0.15, -0.1) is 0 Å². The van der Waals surface area contributed by atoms with Crippen LogP contribution < -0.4 is 5.32 Å². The Hall–Kier alpha value is -1.33. The van der Waals surface area contributed by atoms with Crippen molar-refractivity contribution in [1.29, 1.82) is 0 Å². The van der Waals surface area contributed by atoms with Gasteiger partial charge in [0.15, 0.2) is 0 Å². The third-order valence-electron chi connectivity index (χ3n) is 7.06. The Morgan fingerprint density at radius 2 is 1.15 bits per heavy atom. The maximum absolute atomic E-state index is 9.84. The number of hydrogen-bond donors (Lipinski definition) is 2. The quantitative estimate of drug-likeness (QED) is 0.0891.